The molecular formula is C13H26O4. The highest BCUT2D eigenvalue weighted by atomic mass is 16.6. The maximum Gasteiger partial charge on any atom is 0.0701 e. The summed E-state index contributed by atoms with van der Waals surface area (Å²) in [7, 11) is 0. The summed E-state index contributed by atoms with van der Waals surface area (Å²) in [4.78, 5) is 0. The summed E-state index contributed by atoms with van der Waals surface area (Å²) in [5.74, 6) is 0. The second-order valence-corrected chi connectivity index (χ2v) is 3.74. The van der Waals surface area contributed by atoms with Crippen molar-refractivity contribution in [3.8, 4) is 0 Å². The van der Waals surface area contributed by atoms with E-state index in [4.69, 9.17) is 18.9 Å². The van der Waals surface area contributed by atoms with Gasteiger partial charge in [-0.1, -0.05) is 5.57 Å². The summed E-state index contributed by atoms with van der Waals surface area (Å²) < 4.78 is 21.1. The van der Waals surface area contributed by atoms with Gasteiger partial charge in [-0.15, -0.1) is 6.58 Å². The third kappa shape index (κ3) is 15.6. The number of ether oxygens (including phenoxy) is 4. The maximum atomic E-state index is 5.36. The molecule has 0 saturated carbocycles. The van der Waals surface area contributed by atoms with Gasteiger partial charge in [-0.2, -0.15) is 0 Å². The molecule has 0 rings (SSSR count). The third-order valence-corrected chi connectivity index (χ3v) is 1.99. The van der Waals surface area contributed by atoms with Gasteiger partial charge < -0.3 is 18.9 Å². The van der Waals surface area contributed by atoms with Gasteiger partial charge in [0.25, 0.3) is 0 Å². The zero-order valence-electron chi connectivity index (χ0n) is 11.2. The Balaban J connectivity index is 2.91. The highest BCUT2D eigenvalue weighted by Gasteiger charge is 1.92. The minimum atomic E-state index is 0.607. The van der Waals surface area contributed by atoms with E-state index in [0.29, 0.717) is 39.6 Å². The Bertz CT molecular complexity index is 171. The summed E-state index contributed by atoms with van der Waals surface area (Å²) >= 11 is 0. The van der Waals surface area contributed by atoms with Crippen LogP contribution in [-0.2, 0) is 18.9 Å². The smallest absolute Gasteiger partial charge is 0.0701 e. The van der Waals surface area contributed by atoms with Crippen molar-refractivity contribution in [1.82, 2.24) is 0 Å². The lowest BCUT2D eigenvalue weighted by atomic mass is 10.3. The molecule has 4 nitrogen and oxygen atoms in total. The minimum absolute atomic E-state index is 0.607. The Kier molecular flexibility index (Phi) is 13.3. The van der Waals surface area contributed by atoms with Crippen LogP contribution < -0.4 is 0 Å². The molecule has 0 unspecified atom stereocenters. The van der Waals surface area contributed by atoms with Crippen molar-refractivity contribution in [2.45, 2.75) is 20.3 Å². The lowest BCUT2D eigenvalue weighted by Crippen LogP contribution is -2.12. The molecule has 0 atom stereocenters. The van der Waals surface area contributed by atoms with Gasteiger partial charge >= 0.3 is 0 Å². The van der Waals surface area contributed by atoms with E-state index in [1.54, 1.807) is 0 Å². The van der Waals surface area contributed by atoms with E-state index < -0.39 is 0 Å². The van der Waals surface area contributed by atoms with Crippen LogP contribution in [0.4, 0.5) is 0 Å². The molecule has 0 amide bonds. The summed E-state index contributed by atoms with van der Waals surface area (Å²) in [5, 5.41) is 0. The van der Waals surface area contributed by atoms with Crippen LogP contribution in [0.5, 0.6) is 0 Å². The van der Waals surface area contributed by atoms with Gasteiger partial charge in [0.05, 0.1) is 46.2 Å². The predicted octanol–water partition coefficient (Wildman–Crippen LogP) is 2.04. The first kappa shape index (κ1) is 16.6. The Morgan fingerprint density at radius 1 is 0.765 bits per heavy atom. The van der Waals surface area contributed by atoms with E-state index in [1.807, 2.05) is 13.8 Å². The van der Waals surface area contributed by atoms with Gasteiger partial charge in [-0.25, -0.2) is 0 Å². The van der Waals surface area contributed by atoms with E-state index in [0.717, 1.165) is 25.2 Å². The van der Waals surface area contributed by atoms with Crippen molar-refractivity contribution in [1.29, 1.82) is 0 Å². The molecule has 0 saturated heterocycles. The van der Waals surface area contributed by atoms with E-state index >= 15 is 0 Å². The first-order chi connectivity index (χ1) is 8.27. The summed E-state index contributed by atoms with van der Waals surface area (Å²) in [6, 6.07) is 0. The van der Waals surface area contributed by atoms with E-state index in [2.05, 4.69) is 6.58 Å². The van der Waals surface area contributed by atoms with Crippen LogP contribution in [0.2, 0.25) is 0 Å². The Hall–Kier alpha value is -0.420. The topological polar surface area (TPSA) is 36.9 Å². The fourth-order valence-electron chi connectivity index (χ4n) is 1.05. The quantitative estimate of drug-likeness (QED) is 0.368. The lowest BCUT2D eigenvalue weighted by Gasteiger charge is -2.06. The van der Waals surface area contributed by atoms with Crippen molar-refractivity contribution in [3.63, 3.8) is 0 Å². The highest BCUT2D eigenvalue weighted by molar-refractivity contribution is 4.86. The highest BCUT2D eigenvalue weighted by Crippen LogP contribution is 1.94. The fourth-order valence-corrected chi connectivity index (χ4v) is 1.05. The molecule has 0 aliphatic carbocycles. The van der Waals surface area contributed by atoms with Gasteiger partial charge in [0.15, 0.2) is 0 Å². The van der Waals surface area contributed by atoms with Crippen LogP contribution in [-0.4, -0.2) is 52.9 Å². The largest absolute Gasteiger partial charge is 0.379 e. The molecule has 0 aromatic carbocycles. The van der Waals surface area contributed by atoms with Crippen LogP contribution in [0, 0.1) is 0 Å². The standard InChI is InChI=1S/C13H26O4/c1-4-14-7-8-16-11-12-17-10-9-15-6-5-13(2)3/h2,4-12H2,1,3H3. The second kappa shape index (κ2) is 13.6. The monoisotopic (exact) mass is 246 g/mol. The van der Waals surface area contributed by atoms with Crippen molar-refractivity contribution in [2.75, 3.05) is 52.9 Å². The molecular weight excluding hydrogens is 220 g/mol. The Morgan fingerprint density at radius 2 is 1.18 bits per heavy atom. The van der Waals surface area contributed by atoms with Crippen LogP contribution in [0.3, 0.4) is 0 Å². The van der Waals surface area contributed by atoms with Gasteiger partial charge in [0, 0.05) is 6.61 Å². The van der Waals surface area contributed by atoms with Crippen LogP contribution in [0.15, 0.2) is 12.2 Å². The summed E-state index contributed by atoms with van der Waals surface area (Å²) in [6.45, 7) is 13.0. The Morgan fingerprint density at radius 3 is 1.59 bits per heavy atom. The average molecular weight is 246 g/mol. The Labute approximate surface area is 105 Å². The zero-order chi connectivity index (χ0) is 12.8. The normalized spacial score (nSPS) is 10.7. The molecule has 102 valence electrons. The molecule has 0 N–H and O–H groups in total. The average Bonchev–Trinajstić information content (AvgIpc) is 2.30. The molecule has 0 bridgehead atoms. The molecule has 17 heavy (non-hydrogen) atoms. The zero-order valence-corrected chi connectivity index (χ0v) is 11.2. The van der Waals surface area contributed by atoms with E-state index in [9.17, 15) is 0 Å². The van der Waals surface area contributed by atoms with E-state index in [-0.39, 0.29) is 0 Å². The van der Waals surface area contributed by atoms with Crippen LogP contribution >= 0.6 is 0 Å². The number of hydrogen-bond donors (Lipinski definition) is 0. The van der Waals surface area contributed by atoms with Gasteiger partial charge in [-0.3, -0.25) is 0 Å². The molecule has 0 radical (unpaired) electrons. The van der Waals surface area contributed by atoms with Gasteiger partial charge in [0.2, 0.25) is 0 Å². The molecule has 0 aliphatic heterocycles. The molecule has 0 spiro atoms. The molecule has 0 aromatic heterocycles. The predicted molar refractivity (Wildman–Crippen MR) is 68.4 cm³/mol. The first-order valence-corrected chi connectivity index (χ1v) is 6.22. The van der Waals surface area contributed by atoms with Crippen molar-refractivity contribution in [3.05, 3.63) is 12.2 Å². The lowest BCUT2D eigenvalue weighted by molar-refractivity contribution is -0.000129. The molecule has 4 heteroatoms. The first-order valence-electron chi connectivity index (χ1n) is 6.22. The molecule has 0 aliphatic rings. The third-order valence-electron chi connectivity index (χ3n) is 1.99. The van der Waals surface area contributed by atoms with Gasteiger partial charge in [-0.05, 0) is 20.3 Å². The molecule has 0 aromatic rings. The molecule has 0 fully saturated rings. The number of rotatable bonds is 13. The van der Waals surface area contributed by atoms with Crippen LogP contribution in [0.1, 0.15) is 20.3 Å². The van der Waals surface area contributed by atoms with Crippen molar-refractivity contribution in [2.24, 2.45) is 0 Å². The van der Waals surface area contributed by atoms with E-state index in [1.165, 1.54) is 0 Å². The van der Waals surface area contributed by atoms with Gasteiger partial charge in [0.1, 0.15) is 0 Å². The van der Waals surface area contributed by atoms with Crippen molar-refractivity contribution >= 4 is 0 Å². The minimum Gasteiger partial charge on any atom is -0.379 e. The molecule has 0 heterocycles. The van der Waals surface area contributed by atoms with Crippen molar-refractivity contribution < 1.29 is 18.9 Å². The maximum absolute atomic E-state index is 5.36. The fraction of sp³-hybridized carbons (Fsp3) is 0.846. The summed E-state index contributed by atoms with van der Waals surface area (Å²) in [6.07, 6.45) is 0.917. The van der Waals surface area contributed by atoms with Crippen LogP contribution in [0.25, 0.3) is 0 Å². The SMILES string of the molecule is C=C(C)CCOCCOCCOCCOCC. The number of hydrogen-bond acceptors (Lipinski definition) is 4. The second-order valence-electron chi connectivity index (χ2n) is 3.74. The summed E-state index contributed by atoms with van der Waals surface area (Å²) in [5.41, 5.74) is 1.15.